The van der Waals surface area contributed by atoms with Crippen molar-refractivity contribution in [3.8, 4) is 0 Å². The number of amides is 3. The summed E-state index contributed by atoms with van der Waals surface area (Å²) in [6.07, 6.45) is 4.17. The minimum atomic E-state index is -0.767. The topological polar surface area (TPSA) is 87.3 Å². The molecule has 0 fully saturated rings. The molecule has 3 N–H and O–H groups in total. The van der Waals surface area contributed by atoms with Gasteiger partial charge in [0.1, 0.15) is 6.04 Å². The fraction of sp³-hybridized carbons (Fsp3) is 0.786. The lowest BCUT2D eigenvalue weighted by molar-refractivity contribution is -0.123. The van der Waals surface area contributed by atoms with Crippen LogP contribution in [-0.4, -0.2) is 44.6 Å². The third-order valence-electron chi connectivity index (χ3n) is 2.98. The van der Waals surface area contributed by atoms with Crippen molar-refractivity contribution in [1.29, 1.82) is 0 Å². The minimum Gasteiger partial charge on any atom is -0.356 e. The molecule has 0 aromatic rings. The lowest BCUT2D eigenvalue weighted by Crippen LogP contribution is -2.47. The van der Waals surface area contributed by atoms with Gasteiger partial charge >= 0.3 is 0 Å². The highest BCUT2D eigenvalue weighted by Gasteiger charge is 2.19. The number of nitrogens with one attached hydrogen (secondary N) is 3. The molecule has 0 aliphatic rings. The van der Waals surface area contributed by atoms with E-state index in [2.05, 4.69) is 16.0 Å². The molecule has 0 bridgehead atoms. The molecular weight excluding hydrogens is 269 g/mol. The molecule has 0 heterocycles. The average Bonchev–Trinajstić information content (AvgIpc) is 2.43. The van der Waals surface area contributed by atoms with Crippen molar-refractivity contribution in [2.75, 3.05) is 13.1 Å². The van der Waals surface area contributed by atoms with E-state index in [1.165, 1.54) is 0 Å². The second-order valence-corrected chi connectivity index (χ2v) is 4.95. The zero-order chi connectivity index (χ0) is 16.1. The van der Waals surface area contributed by atoms with Gasteiger partial charge in [-0.15, -0.1) is 0 Å². The maximum atomic E-state index is 11.9. The molecule has 0 aromatic carbocycles. The van der Waals surface area contributed by atoms with Gasteiger partial charge in [-0.2, -0.15) is 0 Å². The normalized spacial score (nSPS) is 11.5. The largest absolute Gasteiger partial charge is 0.356 e. The molecule has 0 saturated heterocycles. The molecule has 0 spiro atoms. The van der Waals surface area contributed by atoms with Gasteiger partial charge in [-0.25, -0.2) is 0 Å². The molecule has 0 rings (SSSR count). The van der Waals surface area contributed by atoms with Crippen molar-refractivity contribution >= 4 is 25.5 Å². The van der Waals surface area contributed by atoms with Crippen molar-refractivity contribution in [3.63, 3.8) is 0 Å². The van der Waals surface area contributed by atoms with Gasteiger partial charge in [-0.3, -0.25) is 14.4 Å². The second-order valence-electron chi connectivity index (χ2n) is 4.95. The van der Waals surface area contributed by atoms with E-state index in [-0.39, 0.29) is 24.7 Å². The van der Waals surface area contributed by atoms with E-state index in [1.807, 2.05) is 13.8 Å². The van der Waals surface area contributed by atoms with Crippen LogP contribution in [0.25, 0.3) is 0 Å². The van der Waals surface area contributed by atoms with E-state index in [4.69, 9.17) is 7.85 Å². The summed E-state index contributed by atoms with van der Waals surface area (Å²) in [6, 6.07) is -0.767. The summed E-state index contributed by atoms with van der Waals surface area (Å²) in [5.41, 5.74) is 0. The van der Waals surface area contributed by atoms with Crippen molar-refractivity contribution < 1.29 is 14.4 Å². The Morgan fingerprint density at radius 3 is 2.10 bits per heavy atom. The van der Waals surface area contributed by atoms with E-state index in [0.29, 0.717) is 13.1 Å². The van der Waals surface area contributed by atoms with Crippen molar-refractivity contribution in [1.82, 2.24) is 16.0 Å². The van der Waals surface area contributed by atoms with Crippen LogP contribution < -0.4 is 16.0 Å². The van der Waals surface area contributed by atoms with Crippen LogP contribution in [-0.2, 0) is 9.59 Å². The third-order valence-corrected chi connectivity index (χ3v) is 2.98. The summed E-state index contributed by atoms with van der Waals surface area (Å²) < 4.78 is 0. The van der Waals surface area contributed by atoms with E-state index in [0.717, 1.165) is 25.7 Å². The molecule has 3 amide bonds. The van der Waals surface area contributed by atoms with E-state index in [9.17, 15) is 14.4 Å². The Kier molecular flexibility index (Phi) is 11.3. The average molecular weight is 295 g/mol. The number of unbranched alkanes of at least 4 members (excludes halogenated alkanes) is 2. The molecule has 0 aromatic heterocycles. The number of hydrogen-bond acceptors (Lipinski definition) is 3. The molecule has 0 aliphatic carbocycles. The highest BCUT2D eigenvalue weighted by molar-refractivity contribution is 6.57. The molecule has 0 aliphatic heterocycles. The summed E-state index contributed by atoms with van der Waals surface area (Å²) in [7, 11) is 5.06. The maximum absolute atomic E-state index is 11.9. The van der Waals surface area contributed by atoms with Gasteiger partial charge < -0.3 is 16.0 Å². The SMILES string of the molecule is [B]C(=O)NC(CCC(=O)NCCCC)C(=O)NCCCC. The molecule has 1 atom stereocenters. The van der Waals surface area contributed by atoms with Crippen LogP contribution in [0.2, 0.25) is 0 Å². The lowest BCUT2D eigenvalue weighted by atomic mass is 10.1. The van der Waals surface area contributed by atoms with Crippen LogP contribution in [0, 0.1) is 0 Å². The first-order valence-electron chi connectivity index (χ1n) is 7.61. The van der Waals surface area contributed by atoms with Gasteiger partial charge in [-0.1, -0.05) is 26.7 Å². The number of carbonyl (C=O) groups is 3. The molecule has 2 radical (unpaired) electrons. The number of carbonyl (C=O) groups excluding carboxylic acids is 3. The Bertz CT molecular complexity index is 337. The monoisotopic (exact) mass is 295 g/mol. The summed E-state index contributed by atoms with van der Waals surface area (Å²) in [5.74, 6) is -1.19. The minimum absolute atomic E-state index is 0.124. The molecule has 7 heteroatoms. The Morgan fingerprint density at radius 2 is 1.57 bits per heavy atom. The van der Waals surface area contributed by atoms with Gasteiger partial charge in [-0.05, 0) is 19.3 Å². The van der Waals surface area contributed by atoms with Crippen molar-refractivity contribution in [2.24, 2.45) is 0 Å². The van der Waals surface area contributed by atoms with Crippen LogP contribution in [0.4, 0.5) is 4.79 Å². The van der Waals surface area contributed by atoms with Gasteiger partial charge in [0, 0.05) is 19.5 Å². The first kappa shape index (κ1) is 19.5. The van der Waals surface area contributed by atoms with Gasteiger partial charge in [0.05, 0.1) is 0 Å². The zero-order valence-corrected chi connectivity index (χ0v) is 13.0. The molecule has 21 heavy (non-hydrogen) atoms. The van der Waals surface area contributed by atoms with E-state index in [1.54, 1.807) is 0 Å². The highest BCUT2D eigenvalue weighted by Crippen LogP contribution is 1.99. The third kappa shape index (κ3) is 10.9. The maximum Gasteiger partial charge on any atom is 0.242 e. The first-order chi connectivity index (χ1) is 10.0. The Labute approximate surface area is 128 Å². The molecule has 0 saturated carbocycles. The predicted octanol–water partition coefficient (Wildman–Crippen LogP) is 0.846. The quantitative estimate of drug-likeness (QED) is 0.390. The van der Waals surface area contributed by atoms with Crippen LogP contribution in [0.3, 0.4) is 0 Å². The first-order valence-corrected chi connectivity index (χ1v) is 7.61. The Balaban J connectivity index is 4.19. The van der Waals surface area contributed by atoms with E-state index < -0.39 is 11.8 Å². The second kappa shape index (κ2) is 12.2. The number of rotatable bonds is 11. The summed E-state index contributed by atoms with van der Waals surface area (Å²) in [6.45, 7) is 5.24. The molecule has 6 nitrogen and oxygen atoms in total. The lowest BCUT2D eigenvalue weighted by Gasteiger charge is -2.17. The molecular formula is C14H26BN3O3. The summed E-state index contributed by atoms with van der Waals surface area (Å²) >= 11 is 0. The standard InChI is InChI=1S/C14H26BN3O3/c1-3-5-9-16-12(19)8-7-11(18-14(15)21)13(20)17-10-6-4-2/h11H,3-10H2,1-2H3,(H,16,19)(H,17,20)(H,18,21). The zero-order valence-electron chi connectivity index (χ0n) is 13.0. The highest BCUT2D eigenvalue weighted by atomic mass is 16.2. The van der Waals surface area contributed by atoms with Crippen LogP contribution in [0.1, 0.15) is 52.4 Å². The van der Waals surface area contributed by atoms with Gasteiger partial charge in [0.2, 0.25) is 19.7 Å². The Hall–Kier alpha value is -1.53. The van der Waals surface area contributed by atoms with Gasteiger partial charge in [0.15, 0.2) is 5.81 Å². The smallest absolute Gasteiger partial charge is 0.242 e. The van der Waals surface area contributed by atoms with Crippen molar-refractivity contribution in [2.45, 2.75) is 58.4 Å². The van der Waals surface area contributed by atoms with E-state index >= 15 is 0 Å². The predicted molar refractivity (Wildman–Crippen MR) is 83.1 cm³/mol. The Morgan fingerprint density at radius 1 is 1.00 bits per heavy atom. The summed E-state index contributed by atoms with van der Waals surface area (Å²) in [4.78, 5) is 34.4. The van der Waals surface area contributed by atoms with Crippen LogP contribution >= 0.6 is 0 Å². The fourth-order valence-electron chi connectivity index (χ4n) is 1.72. The van der Waals surface area contributed by atoms with Crippen LogP contribution in [0.5, 0.6) is 0 Å². The fourth-order valence-corrected chi connectivity index (χ4v) is 1.72. The van der Waals surface area contributed by atoms with Crippen molar-refractivity contribution in [3.05, 3.63) is 0 Å². The summed E-state index contributed by atoms with van der Waals surface area (Å²) in [5, 5.41) is 7.87. The van der Waals surface area contributed by atoms with Gasteiger partial charge in [0.25, 0.3) is 0 Å². The molecule has 118 valence electrons. The van der Waals surface area contributed by atoms with Crippen LogP contribution in [0.15, 0.2) is 0 Å². The number of hydrogen-bond donors (Lipinski definition) is 3. The molecule has 1 unspecified atom stereocenters.